The zero-order valence-electron chi connectivity index (χ0n) is 16.9. The molecule has 0 aromatic heterocycles. The van der Waals surface area contributed by atoms with Gasteiger partial charge in [-0.2, -0.15) is 0 Å². The van der Waals surface area contributed by atoms with E-state index in [1.807, 2.05) is 33.8 Å². The number of alkyl carbamates (subject to hydrolysis) is 1. The standard InChI is InChI=1S/C10H17NO2.C9H19NO2S/c1-5-7-6-8(7)11-9(12)13-10(2,3)4;1-3-4-5-8-10-13(11,12)9(2)6-7-9/h5,7-8H,1,6H2,2-4H3,(H,11,12);10H,3-8H2,1-2H3/t7-,8+;/m0./s1. The molecule has 0 aromatic carbocycles. The molecule has 7 heteroatoms. The highest BCUT2D eigenvalue weighted by atomic mass is 32.2. The third-order valence-electron chi connectivity index (χ3n) is 4.52. The average Bonchev–Trinajstić information content (AvgIpc) is 3.41. The maximum absolute atomic E-state index is 11.6. The van der Waals surface area contributed by atoms with Crippen LogP contribution < -0.4 is 10.0 Å². The molecule has 2 N–H and O–H groups in total. The highest BCUT2D eigenvalue weighted by molar-refractivity contribution is 7.91. The second-order valence-corrected chi connectivity index (χ2v) is 10.7. The van der Waals surface area contributed by atoms with Crippen LogP contribution in [0.5, 0.6) is 0 Å². The van der Waals surface area contributed by atoms with E-state index in [0.29, 0.717) is 12.5 Å². The molecular formula is C19H36N2O4S. The molecule has 0 heterocycles. The summed E-state index contributed by atoms with van der Waals surface area (Å²) in [6.45, 7) is 13.7. The first kappa shape index (κ1) is 23.0. The van der Waals surface area contributed by atoms with Gasteiger partial charge in [0.15, 0.2) is 0 Å². The fraction of sp³-hybridized carbons (Fsp3) is 0.842. The van der Waals surface area contributed by atoms with E-state index >= 15 is 0 Å². The summed E-state index contributed by atoms with van der Waals surface area (Å²) in [6, 6.07) is 0.243. The molecule has 0 unspecified atom stereocenters. The van der Waals surface area contributed by atoms with E-state index in [9.17, 15) is 13.2 Å². The predicted molar refractivity (Wildman–Crippen MR) is 106 cm³/mol. The van der Waals surface area contributed by atoms with E-state index in [2.05, 4.69) is 23.5 Å². The van der Waals surface area contributed by atoms with E-state index in [1.165, 1.54) is 0 Å². The number of ether oxygens (including phenoxy) is 1. The number of rotatable bonds is 8. The maximum Gasteiger partial charge on any atom is 0.407 e. The monoisotopic (exact) mass is 388 g/mol. The lowest BCUT2D eigenvalue weighted by Crippen LogP contribution is -2.34. The number of carbonyl (C=O) groups is 1. The van der Waals surface area contributed by atoms with Crippen LogP contribution >= 0.6 is 0 Å². The second kappa shape index (κ2) is 9.22. The summed E-state index contributed by atoms with van der Waals surface area (Å²) in [5.74, 6) is 0.438. The van der Waals surface area contributed by atoms with Crippen LogP contribution in [0.15, 0.2) is 12.7 Å². The normalized spacial score (nSPS) is 23.3. The lowest BCUT2D eigenvalue weighted by atomic mass is 10.2. The number of amides is 1. The first-order valence-corrected chi connectivity index (χ1v) is 11.0. The summed E-state index contributed by atoms with van der Waals surface area (Å²) < 4.78 is 30.5. The lowest BCUT2D eigenvalue weighted by molar-refractivity contribution is 0.0522. The first-order valence-electron chi connectivity index (χ1n) is 9.55. The van der Waals surface area contributed by atoms with Gasteiger partial charge in [-0.15, -0.1) is 6.58 Å². The van der Waals surface area contributed by atoms with Crippen molar-refractivity contribution in [2.45, 2.75) is 89.5 Å². The minimum atomic E-state index is -3.02. The zero-order valence-corrected chi connectivity index (χ0v) is 17.7. The average molecular weight is 389 g/mol. The SMILES string of the molecule is C=C[C@H]1C[C@H]1NC(=O)OC(C)(C)C.CCCCCNS(=O)(=O)C1(C)CC1. The Kier molecular flexibility index (Phi) is 8.14. The van der Waals surface area contributed by atoms with Crippen LogP contribution in [0.1, 0.15) is 73.1 Å². The maximum atomic E-state index is 11.6. The van der Waals surface area contributed by atoms with Gasteiger partial charge in [0.2, 0.25) is 10.0 Å². The van der Waals surface area contributed by atoms with Crippen LogP contribution in [0, 0.1) is 5.92 Å². The Balaban J connectivity index is 0.000000260. The number of hydrogen-bond acceptors (Lipinski definition) is 4. The summed E-state index contributed by atoms with van der Waals surface area (Å²) in [4.78, 5) is 11.2. The van der Waals surface area contributed by atoms with Crippen molar-refractivity contribution in [1.29, 1.82) is 0 Å². The molecule has 152 valence electrons. The Morgan fingerprint density at radius 3 is 2.35 bits per heavy atom. The minimum Gasteiger partial charge on any atom is -0.444 e. The molecule has 26 heavy (non-hydrogen) atoms. The van der Waals surface area contributed by atoms with Gasteiger partial charge in [0, 0.05) is 12.6 Å². The molecule has 0 bridgehead atoms. The smallest absolute Gasteiger partial charge is 0.407 e. The Morgan fingerprint density at radius 2 is 1.92 bits per heavy atom. The summed E-state index contributed by atoms with van der Waals surface area (Å²) in [7, 11) is -3.02. The molecule has 2 rings (SSSR count). The van der Waals surface area contributed by atoms with E-state index in [4.69, 9.17) is 4.74 Å². The fourth-order valence-corrected chi connectivity index (χ4v) is 3.70. The van der Waals surface area contributed by atoms with Crippen molar-refractivity contribution in [3.05, 3.63) is 12.7 Å². The largest absolute Gasteiger partial charge is 0.444 e. The van der Waals surface area contributed by atoms with Gasteiger partial charge in [0.1, 0.15) is 5.60 Å². The summed E-state index contributed by atoms with van der Waals surface area (Å²) >= 11 is 0. The van der Waals surface area contributed by atoms with Gasteiger partial charge in [-0.1, -0.05) is 25.8 Å². The van der Waals surface area contributed by atoms with Gasteiger partial charge in [0.25, 0.3) is 0 Å². The molecule has 2 atom stereocenters. The molecule has 2 saturated carbocycles. The van der Waals surface area contributed by atoms with Gasteiger partial charge in [0.05, 0.1) is 4.75 Å². The highest BCUT2D eigenvalue weighted by Gasteiger charge is 2.49. The quantitative estimate of drug-likeness (QED) is 0.490. The third kappa shape index (κ3) is 8.08. The lowest BCUT2D eigenvalue weighted by Gasteiger charge is -2.19. The molecule has 0 aliphatic heterocycles. The van der Waals surface area contributed by atoms with Crippen molar-refractivity contribution >= 4 is 16.1 Å². The van der Waals surface area contributed by atoms with Crippen LogP contribution in [0.4, 0.5) is 4.79 Å². The van der Waals surface area contributed by atoms with Crippen LogP contribution in [-0.2, 0) is 14.8 Å². The van der Waals surface area contributed by atoms with Crippen molar-refractivity contribution in [2.75, 3.05) is 6.54 Å². The van der Waals surface area contributed by atoms with E-state index in [1.54, 1.807) is 0 Å². The number of unbranched alkanes of at least 4 members (excludes halogenated alkanes) is 2. The van der Waals surface area contributed by atoms with E-state index < -0.39 is 20.4 Å². The molecule has 0 radical (unpaired) electrons. The molecule has 0 spiro atoms. The Morgan fingerprint density at radius 1 is 1.31 bits per heavy atom. The van der Waals surface area contributed by atoms with Crippen LogP contribution in [-0.4, -0.2) is 37.4 Å². The Hall–Kier alpha value is -1.08. The molecule has 2 aliphatic rings. The Labute approximate surface area is 159 Å². The van der Waals surface area contributed by atoms with E-state index in [-0.39, 0.29) is 12.1 Å². The zero-order chi connectivity index (χ0) is 20.0. The van der Waals surface area contributed by atoms with Crippen LogP contribution in [0.25, 0.3) is 0 Å². The van der Waals surface area contributed by atoms with Gasteiger partial charge in [-0.3, -0.25) is 0 Å². The van der Waals surface area contributed by atoms with Crippen molar-refractivity contribution < 1.29 is 17.9 Å². The molecular weight excluding hydrogens is 352 g/mol. The van der Waals surface area contributed by atoms with Gasteiger partial charge in [-0.25, -0.2) is 17.9 Å². The summed E-state index contributed by atoms with van der Waals surface area (Å²) in [5.41, 5.74) is -0.414. The summed E-state index contributed by atoms with van der Waals surface area (Å²) in [5, 5.41) is 2.78. The van der Waals surface area contributed by atoms with Crippen molar-refractivity contribution in [2.24, 2.45) is 5.92 Å². The number of nitrogens with one attached hydrogen (secondary N) is 2. The number of carbonyl (C=O) groups excluding carboxylic acids is 1. The molecule has 2 fully saturated rings. The van der Waals surface area contributed by atoms with Gasteiger partial charge < -0.3 is 10.1 Å². The molecule has 0 aromatic rings. The molecule has 1 amide bonds. The summed E-state index contributed by atoms with van der Waals surface area (Å²) in [6.07, 6.45) is 7.32. The Bertz CT molecular complexity index is 577. The predicted octanol–water partition coefficient (Wildman–Crippen LogP) is 3.73. The van der Waals surface area contributed by atoms with Crippen molar-refractivity contribution in [1.82, 2.24) is 10.0 Å². The molecule has 0 saturated heterocycles. The highest BCUT2D eigenvalue weighted by Crippen LogP contribution is 2.42. The number of hydrogen-bond donors (Lipinski definition) is 2. The topological polar surface area (TPSA) is 84.5 Å². The third-order valence-corrected chi connectivity index (χ3v) is 6.81. The minimum absolute atomic E-state index is 0.243. The number of sulfonamides is 1. The van der Waals surface area contributed by atoms with Crippen LogP contribution in [0.3, 0.4) is 0 Å². The second-order valence-electron chi connectivity index (χ2n) is 8.44. The van der Waals surface area contributed by atoms with Crippen molar-refractivity contribution in [3.63, 3.8) is 0 Å². The van der Waals surface area contributed by atoms with Gasteiger partial charge >= 0.3 is 6.09 Å². The van der Waals surface area contributed by atoms with Crippen molar-refractivity contribution in [3.8, 4) is 0 Å². The molecule has 6 nitrogen and oxygen atoms in total. The van der Waals surface area contributed by atoms with Crippen LogP contribution in [0.2, 0.25) is 0 Å². The molecule has 2 aliphatic carbocycles. The first-order chi connectivity index (χ1) is 11.9. The van der Waals surface area contributed by atoms with E-state index in [0.717, 1.165) is 38.5 Å². The van der Waals surface area contributed by atoms with Gasteiger partial charge in [-0.05, 0) is 59.3 Å². The fourth-order valence-electron chi connectivity index (χ4n) is 2.30.